The highest BCUT2D eigenvalue weighted by molar-refractivity contribution is 5.95. The van der Waals surface area contributed by atoms with Crippen molar-refractivity contribution in [3.8, 4) is 11.5 Å². The van der Waals surface area contributed by atoms with Crippen molar-refractivity contribution in [3.05, 3.63) is 23.8 Å². The first kappa shape index (κ1) is 16.7. The van der Waals surface area contributed by atoms with E-state index >= 15 is 0 Å². The third-order valence-electron chi connectivity index (χ3n) is 5.70. The van der Waals surface area contributed by atoms with E-state index in [-0.39, 0.29) is 17.7 Å². The number of amides is 1. The molecule has 1 aliphatic heterocycles. The van der Waals surface area contributed by atoms with Crippen LogP contribution in [0.1, 0.15) is 36.0 Å². The Morgan fingerprint density at radius 1 is 1.20 bits per heavy atom. The van der Waals surface area contributed by atoms with Crippen molar-refractivity contribution in [3.63, 3.8) is 0 Å². The van der Waals surface area contributed by atoms with Gasteiger partial charge in [-0.1, -0.05) is 0 Å². The van der Waals surface area contributed by atoms with E-state index in [2.05, 4.69) is 10.6 Å². The Morgan fingerprint density at radius 3 is 2.72 bits per heavy atom. The highest BCUT2D eigenvalue weighted by Crippen LogP contribution is 2.33. The summed E-state index contributed by atoms with van der Waals surface area (Å²) < 4.78 is 5.67. The Hall–Kier alpha value is -1.79. The van der Waals surface area contributed by atoms with Crippen LogP contribution < -0.4 is 15.4 Å². The molecule has 1 aromatic rings. The molecule has 3 fully saturated rings. The lowest BCUT2D eigenvalue weighted by molar-refractivity contribution is 0.0462. The first-order valence-corrected chi connectivity index (χ1v) is 9.25. The summed E-state index contributed by atoms with van der Waals surface area (Å²) in [6.07, 6.45) is 3.35. The van der Waals surface area contributed by atoms with Crippen LogP contribution in [0.15, 0.2) is 18.2 Å². The number of carbonyl (C=O) groups excluding carboxylic acids is 1. The lowest BCUT2D eigenvalue weighted by Crippen LogP contribution is -2.49. The Bertz CT molecular complexity index is 646. The molecule has 136 valence electrons. The normalized spacial score (nSPS) is 31.4. The molecule has 4 rings (SSSR count). The zero-order chi connectivity index (χ0) is 17.4. The molecule has 4 N–H and O–H groups in total. The number of aliphatic hydroxyl groups excluding tert-OH is 1. The second kappa shape index (κ2) is 6.84. The van der Waals surface area contributed by atoms with Crippen LogP contribution in [0.4, 0.5) is 0 Å². The highest BCUT2D eigenvalue weighted by Gasteiger charge is 2.39. The van der Waals surface area contributed by atoms with Gasteiger partial charge in [0.1, 0.15) is 11.5 Å². The summed E-state index contributed by atoms with van der Waals surface area (Å²) in [4.78, 5) is 12.6. The van der Waals surface area contributed by atoms with Gasteiger partial charge in [-0.15, -0.1) is 0 Å². The van der Waals surface area contributed by atoms with E-state index in [4.69, 9.17) is 4.74 Å². The van der Waals surface area contributed by atoms with E-state index in [1.807, 2.05) is 0 Å². The smallest absolute Gasteiger partial charge is 0.251 e. The maximum Gasteiger partial charge on any atom is 0.251 e. The van der Waals surface area contributed by atoms with Crippen LogP contribution in [-0.4, -0.2) is 48.0 Å². The van der Waals surface area contributed by atoms with Crippen LogP contribution in [0, 0.1) is 17.8 Å². The van der Waals surface area contributed by atoms with Gasteiger partial charge in [-0.3, -0.25) is 4.79 Å². The molecule has 1 aromatic carbocycles. The lowest BCUT2D eigenvalue weighted by atomic mass is 9.77. The van der Waals surface area contributed by atoms with E-state index in [0.29, 0.717) is 35.7 Å². The summed E-state index contributed by atoms with van der Waals surface area (Å²) in [5, 5.41) is 26.5. The molecule has 3 aliphatic rings. The third-order valence-corrected chi connectivity index (χ3v) is 5.70. The van der Waals surface area contributed by atoms with Gasteiger partial charge in [0.25, 0.3) is 5.91 Å². The van der Waals surface area contributed by atoms with E-state index in [0.717, 1.165) is 25.9 Å². The standard InChI is InChI=1S/C19H26N2O4/c22-15-3-12(4-16(7-15)25-10-11-1-2-11)19(24)21-17-5-13-8-20-9-14(13)6-18(17)23/h3-4,7,11,13-14,17-18,20,22-23H,1-2,5-6,8-10H2,(H,21,24)/t13-,14+,17-,18-/m0/s1. The van der Waals surface area contributed by atoms with Gasteiger partial charge in [0.15, 0.2) is 0 Å². The van der Waals surface area contributed by atoms with Crippen molar-refractivity contribution in [2.75, 3.05) is 19.7 Å². The van der Waals surface area contributed by atoms with E-state index in [1.165, 1.54) is 25.0 Å². The summed E-state index contributed by atoms with van der Waals surface area (Å²) in [7, 11) is 0. The first-order chi connectivity index (χ1) is 12.1. The van der Waals surface area contributed by atoms with Crippen molar-refractivity contribution in [2.24, 2.45) is 17.8 Å². The molecular formula is C19H26N2O4. The van der Waals surface area contributed by atoms with Gasteiger partial charge in [-0.05, 0) is 68.7 Å². The fourth-order valence-electron chi connectivity index (χ4n) is 4.00. The summed E-state index contributed by atoms with van der Waals surface area (Å²) in [5.74, 6) is 1.87. The van der Waals surface area contributed by atoms with Gasteiger partial charge >= 0.3 is 0 Å². The number of aliphatic hydroxyl groups is 1. The van der Waals surface area contributed by atoms with Crippen molar-refractivity contribution >= 4 is 5.91 Å². The number of nitrogens with one attached hydrogen (secondary N) is 2. The number of phenolic OH excluding ortho intramolecular Hbond substituents is 1. The number of hydrogen-bond donors (Lipinski definition) is 4. The number of hydrogen-bond acceptors (Lipinski definition) is 5. The van der Waals surface area contributed by atoms with Crippen molar-refractivity contribution in [1.29, 1.82) is 0 Å². The van der Waals surface area contributed by atoms with Crippen LogP contribution in [-0.2, 0) is 0 Å². The third kappa shape index (κ3) is 3.90. The molecule has 0 bridgehead atoms. The molecule has 1 amide bonds. The molecule has 0 unspecified atom stereocenters. The van der Waals surface area contributed by atoms with Gasteiger partial charge in [-0.2, -0.15) is 0 Å². The summed E-state index contributed by atoms with van der Waals surface area (Å²) >= 11 is 0. The second-order valence-electron chi connectivity index (χ2n) is 7.77. The highest BCUT2D eigenvalue weighted by atomic mass is 16.5. The lowest BCUT2D eigenvalue weighted by Gasteiger charge is -2.35. The zero-order valence-electron chi connectivity index (χ0n) is 14.3. The SMILES string of the molecule is O=C(N[C@H]1C[C@H]2CNC[C@H]2C[C@@H]1O)c1cc(O)cc(OCC2CC2)c1. The fourth-order valence-corrected chi connectivity index (χ4v) is 4.00. The summed E-state index contributed by atoms with van der Waals surface area (Å²) in [6.45, 7) is 2.54. The Balaban J connectivity index is 1.41. The minimum Gasteiger partial charge on any atom is -0.508 e. The Labute approximate surface area is 147 Å². The Morgan fingerprint density at radius 2 is 1.96 bits per heavy atom. The first-order valence-electron chi connectivity index (χ1n) is 9.25. The summed E-state index contributed by atoms with van der Waals surface area (Å²) in [5.41, 5.74) is 0.365. The quantitative estimate of drug-likeness (QED) is 0.645. The number of fused-ring (bicyclic) bond motifs is 1. The number of ether oxygens (including phenoxy) is 1. The molecule has 25 heavy (non-hydrogen) atoms. The second-order valence-corrected chi connectivity index (χ2v) is 7.77. The van der Waals surface area contributed by atoms with Crippen LogP contribution in [0.2, 0.25) is 0 Å². The summed E-state index contributed by atoms with van der Waals surface area (Å²) in [6, 6.07) is 4.39. The number of aromatic hydroxyl groups is 1. The topological polar surface area (TPSA) is 90.8 Å². The minimum absolute atomic E-state index is 0.0164. The molecule has 6 heteroatoms. The Kier molecular flexibility index (Phi) is 4.56. The van der Waals surface area contributed by atoms with Gasteiger partial charge in [-0.25, -0.2) is 0 Å². The minimum atomic E-state index is -0.520. The van der Waals surface area contributed by atoms with Gasteiger partial charge < -0.3 is 25.6 Å². The van der Waals surface area contributed by atoms with E-state index in [9.17, 15) is 15.0 Å². The van der Waals surface area contributed by atoms with Gasteiger partial charge in [0.05, 0.1) is 18.8 Å². The van der Waals surface area contributed by atoms with E-state index in [1.54, 1.807) is 6.07 Å². The maximum absolute atomic E-state index is 12.6. The van der Waals surface area contributed by atoms with Crippen LogP contribution in [0.3, 0.4) is 0 Å². The number of phenols is 1. The van der Waals surface area contributed by atoms with Gasteiger partial charge in [0, 0.05) is 11.6 Å². The average molecular weight is 346 g/mol. The molecule has 1 saturated heterocycles. The van der Waals surface area contributed by atoms with Crippen molar-refractivity contribution in [2.45, 2.75) is 37.8 Å². The monoisotopic (exact) mass is 346 g/mol. The molecular weight excluding hydrogens is 320 g/mol. The number of benzene rings is 1. The number of rotatable bonds is 5. The molecule has 0 aromatic heterocycles. The van der Waals surface area contributed by atoms with Crippen LogP contribution >= 0.6 is 0 Å². The van der Waals surface area contributed by atoms with Crippen LogP contribution in [0.25, 0.3) is 0 Å². The zero-order valence-corrected chi connectivity index (χ0v) is 14.3. The van der Waals surface area contributed by atoms with Crippen molar-refractivity contribution < 1.29 is 19.7 Å². The van der Waals surface area contributed by atoms with Crippen molar-refractivity contribution in [1.82, 2.24) is 10.6 Å². The molecule has 0 radical (unpaired) electrons. The molecule has 0 spiro atoms. The average Bonchev–Trinajstić information content (AvgIpc) is 3.31. The predicted molar refractivity (Wildman–Crippen MR) is 92.7 cm³/mol. The largest absolute Gasteiger partial charge is 0.508 e. The number of carbonyl (C=O) groups is 1. The molecule has 1 heterocycles. The van der Waals surface area contributed by atoms with Gasteiger partial charge in [0.2, 0.25) is 0 Å². The fraction of sp³-hybridized carbons (Fsp3) is 0.632. The molecule has 2 saturated carbocycles. The van der Waals surface area contributed by atoms with E-state index < -0.39 is 6.10 Å². The molecule has 4 atom stereocenters. The predicted octanol–water partition coefficient (Wildman–Crippen LogP) is 1.27. The molecule has 6 nitrogen and oxygen atoms in total. The molecule has 2 aliphatic carbocycles. The van der Waals surface area contributed by atoms with Crippen LogP contribution in [0.5, 0.6) is 11.5 Å². The maximum atomic E-state index is 12.6.